The standard InChI is InChI=1S/C18H30BN5O4/c1-18(2,3)28-17(25)24-10-8-22(9-11-24)15-4-6-23(7-5-15)16-20-12-14(13-21-16)19(26)27/h12-13,15,26-27H,4-11H2,1-3H3. The van der Waals surface area contributed by atoms with Gasteiger partial charge in [-0.25, -0.2) is 14.8 Å². The highest BCUT2D eigenvalue weighted by Crippen LogP contribution is 2.21. The van der Waals surface area contributed by atoms with Crippen molar-refractivity contribution in [2.24, 2.45) is 0 Å². The van der Waals surface area contributed by atoms with Crippen molar-refractivity contribution in [1.82, 2.24) is 19.8 Å². The highest BCUT2D eigenvalue weighted by Gasteiger charge is 2.31. The van der Waals surface area contributed by atoms with Crippen LogP contribution in [0.4, 0.5) is 10.7 Å². The lowest BCUT2D eigenvalue weighted by Gasteiger charge is -2.42. The smallest absolute Gasteiger partial charge is 0.444 e. The van der Waals surface area contributed by atoms with E-state index in [-0.39, 0.29) is 6.09 Å². The molecule has 28 heavy (non-hydrogen) atoms. The summed E-state index contributed by atoms with van der Waals surface area (Å²) in [5.74, 6) is 0.623. The highest BCUT2D eigenvalue weighted by atomic mass is 16.6. The Labute approximate surface area is 166 Å². The second kappa shape index (κ2) is 8.63. The van der Waals surface area contributed by atoms with Crippen molar-refractivity contribution in [3.8, 4) is 0 Å². The van der Waals surface area contributed by atoms with Crippen molar-refractivity contribution < 1.29 is 19.6 Å². The van der Waals surface area contributed by atoms with Crippen LogP contribution in [-0.4, -0.2) is 93.9 Å². The van der Waals surface area contributed by atoms with E-state index < -0.39 is 12.7 Å². The zero-order valence-electron chi connectivity index (χ0n) is 16.9. The second-order valence-corrected chi connectivity index (χ2v) is 8.41. The Morgan fingerprint density at radius 3 is 2.14 bits per heavy atom. The number of carbonyl (C=O) groups excluding carboxylic acids is 1. The largest absolute Gasteiger partial charge is 0.491 e. The number of amides is 1. The first-order chi connectivity index (χ1) is 13.2. The molecule has 0 unspecified atom stereocenters. The minimum absolute atomic E-state index is 0.226. The molecular weight excluding hydrogens is 361 g/mol. The van der Waals surface area contributed by atoms with Crippen LogP contribution in [0.5, 0.6) is 0 Å². The number of rotatable bonds is 3. The van der Waals surface area contributed by atoms with E-state index in [1.165, 1.54) is 12.4 Å². The number of ether oxygens (including phenoxy) is 1. The summed E-state index contributed by atoms with van der Waals surface area (Å²) in [6, 6.07) is 0.496. The summed E-state index contributed by atoms with van der Waals surface area (Å²) < 4.78 is 5.46. The van der Waals surface area contributed by atoms with Gasteiger partial charge in [-0.15, -0.1) is 0 Å². The SMILES string of the molecule is CC(C)(C)OC(=O)N1CCN(C2CCN(c3ncc(B(O)O)cn3)CC2)CC1. The Hall–Kier alpha value is -1.91. The number of hydrogen-bond donors (Lipinski definition) is 2. The van der Waals surface area contributed by atoms with Crippen LogP contribution in [0.2, 0.25) is 0 Å². The lowest BCUT2D eigenvalue weighted by Crippen LogP contribution is -2.55. The molecule has 0 spiro atoms. The molecule has 2 aliphatic rings. The van der Waals surface area contributed by atoms with Crippen molar-refractivity contribution in [1.29, 1.82) is 0 Å². The van der Waals surface area contributed by atoms with Gasteiger partial charge in [-0.3, -0.25) is 4.90 Å². The average Bonchev–Trinajstić information content (AvgIpc) is 2.67. The molecular formula is C18H30BN5O4. The van der Waals surface area contributed by atoms with E-state index in [0.717, 1.165) is 39.0 Å². The van der Waals surface area contributed by atoms with E-state index in [2.05, 4.69) is 19.8 Å². The molecule has 0 atom stereocenters. The number of carbonyl (C=O) groups is 1. The molecule has 0 bridgehead atoms. The van der Waals surface area contributed by atoms with Crippen LogP contribution in [-0.2, 0) is 4.74 Å². The van der Waals surface area contributed by atoms with Crippen LogP contribution < -0.4 is 10.4 Å². The first kappa shape index (κ1) is 20.8. The van der Waals surface area contributed by atoms with Crippen LogP contribution >= 0.6 is 0 Å². The molecule has 0 aromatic carbocycles. The molecule has 3 heterocycles. The van der Waals surface area contributed by atoms with Crippen molar-refractivity contribution in [2.75, 3.05) is 44.2 Å². The molecule has 3 rings (SSSR count). The summed E-state index contributed by atoms with van der Waals surface area (Å²) in [5, 5.41) is 18.3. The summed E-state index contributed by atoms with van der Waals surface area (Å²) in [5.41, 5.74) is -0.169. The van der Waals surface area contributed by atoms with Gasteiger partial charge in [0.15, 0.2) is 0 Å². The highest BCUT2D eigenvalue weighted by molar-refractivity contribution is 6.58. The van der Waals surface area contributed by atoms with Gasteiger partial charge >= 0.3 is 13.2 Å². The normalized spacial score (nSPS) is 19.6. The van der Waals surface area contributed by atoms with Crippen molar-refractivity contribution in [2.45, 2.75) is 45.3 Å². The molecule has 1 aromatic heterocycles. The first-order valence-corrected chi connectivity index (χ1v) is 9.88. The number of piperidine rings is 1. The Bertz CT molecular complexity index is 651. The van der Waals surface area contributed by atoms with Crippen LogP contribution in [0.3, 0.4) is 0 Å². The lowest BCUT2D eigenvalue weighted by molar-refractivity contribution is 0.00900. The molecule has 9 nitrogen and oxygen atoms in total. The summed E-state index contributed by atoms with van der Waals surface area (Å²) in [4.78, 5) is 27.1. The third kappa shape index (κ3) is 5.33. The molecule has 2 fully saturated rings. The van der Waals surface area contributed by atoms with Gasteiger partial charge in [0.2, 0.25) is 5.95 Å². The number of piperazine rings is 1. The van der Waals surface area contributed by atoms with Gasteiger partial charge in [0.05, 0.1) is 0 Å². The van der Waals surface area contributed by atoms with E-state index in [9.17, 15) is 4.79 Å². The number of nitrogens with zero attached hydrogens (tertiary/aromatic N) is 5. The van der Waals surface area contributed by atoms with Gasteiger partial charge in [-0.2, -0.15) is 0 Å². The van der Waals surface area contributed by atoms with Crippen molar-refractivity contribution >= 4 is 24.6 Å². The van der Waals surface area contributed by atoms with E-state index >= 15 is 0 Å². The molecule has 0 aliphatic carbocycles. The predicted molar refractivity (Wildman–Crippen MR) is 106 cm³/mol. The molecule has 0 saturated carbocycles. The van der Waals surface area contributed by atoms with E-state index in [1.54, 1.807) is 4.90 Å². The third-order valence-electron chi connectivity index (χ3n) is 5.19. The molecule has 0 radical (unpaired) electrons. The minimum atomic E-state index is -1.54. The molecule has 1 amide bonds. The van der Waals surface area contributed by atoms with Gasteiger partial charge < -0.3 is 24.6 Å². The van der Waals surface area contributed by atoms with Crippen LogP contribution in [0.25, 0.3) is 0 Å². The Morgan fingerprint density at radius 1 is 1.07 bits per heavy atom. The number of anilines is 1. The first-order valence-electron chi connectivity index (χ1n) is 9.88. The van der Waals surface area contributed by atoms with Gasteiger partial charge in [-0.05, 0) is 33.6 Å². The zero-order valence-corrected chi connectivity index (χ0v) is 16.9. The molecule has 2 N–H and O–H groups in total. The summed E-state index contributed by atoms with van der Waals surface area (Å²) in [7, 11) is -1.54. The lowest BCUT2D eigenvalue weighted by atomic mass is 9.83. The van der Waals surface area contributed by atoms with E-state index in [1.807, 2.05) is 20.8 Å². The quantitative estimate of drug-likeness (QED) is 0.676. The summed E-state index contributed by atoms with van der Waals surface area (Å²) in [6.07, 6.45) is 4.71. The monoisotopic (exact) mass is 391 g/mol. The Kier molecular flexibility index (Phi) is 6.41. The molecule has 2 aliphatic heterocycles. The summed E-state index contributed by atoms with van der Waals surface area (Å²) >= 11 is 0. The molecule has 1 aromatic rings. The van der Waals surface area contributed by atoms with Crippen molar-refractivity contribution in [3.63, 3.8) is 0 Å². The Balaban J connectivity index is 1.45. The second-order valence-electron chi connectivity index (χ2n) is 8.41. The maximum atomic E-state index is 12.2. The zero-order chi connectivity index (χ0) is 20.3. The third-order valence-corrected chi connectivity index (χ3v) is 5.19. The fraction of sp³-hybridized carbons (Fsp3) is 0.722. The van der Waals surface area contributed by atoms with E-state index in [4.69, 9.17) is 14.8 Å². The number of hydrogen-bond acceptors (Lipinski definition) is 8. The molecule has 154 valence electrons. The maximum Gasteiger partial charge on any atom is 0.491 e. The van der Waals surface area contributed by atoms with Gasteiger partial charge in [0.25, 0.3) is 0 Å². The van der Waals surface area contributed by atoms with Crippen LogP contribution in [0.1, 0.15) is 33.6 Å². The maximum absolute atomic E-state index is 12.2. The van der Waals surface area contributed by atoms with Gasteiger partial charge in [0.1, 0.15) is 5.60 Å². The van der Waals surface area contributed by atoms with E-state index in [0.29, 0.717) is 30.5 Å². The van der Waals surface area contributed by atoms with Crippen LogP contribution in [0, 0.1) is 0 Å². The fourth-order valence-corrected chi connectivity index (χ4v) is 3.65. The van der Waals surface area contributed by atoms with Crippen molar-refractivity contribution in [3.05, 3.63) is 12.4 Å². The van der Waals surface area contributed by atoms with Crippen LogP contribution in [0.15, 0.2) is 12.4 Å². The number of aromatic nitrogens is 2. The molecule has 2 saturated heterocycles. The topological polar surface area (TPSA) is 102 Å². The average molecular weight is 391 g/mol. The minimum Gasteiger partial charge on any atom is -0.444 e. The fourth-order valence-electron chi connectivity index (χ4n) is 3.65. The summed E-state index contributed by atoms with van der Waals surface area (Å²) in [6.45, 7) is 10.5. The molecule has 10 heteroatoms. The Morgan fingerprint density at radius 2 is 1.64 bits per heavy atom. The predicted octanol–water partition coefficient (Wildman–Crippen LogP) is -0.322. The van der Waals surface area contributed by atoms with Gasteiger partial charge in [0, 0.05) is 63.2 Å². The van der Waals surface area contributed by atoms with Gasteiger partial charge in [-0.1, -0.05) is 0 Å².